The number of hydrogen-bond donors (Lipinski definition) is 2. The highest BCUT2D eigenvalue weighted by Gasteiger charge is 2.27. The minimum atomic E-state index is -0.279. The molecule has 2 N–H and O–H groups in total. The van der Waals surface area contributed by atoms with Gasteiger partial charge in [0.25, 0.3) is 11.8 Å². The highest BCUT2D eigenvalue weighted by molar-refractivity contribution is 6.03. The summed E-state index contributed by atoms with van der Waals surface area (Å²) >= 11 is 0. The van der Waals surface area contributed by atoms with E-state index in [-0.39, 0.29) is 11.8 Å². The van der Waals surface area contributed by atoms with Crippen molar-refractivity contribution in [2.45, 2.75) is 39.2 Å². The van der Waals surface area contributed by atoms with Crippen LogP contribution >= 0.6 is 0 Å². The van der Waals surface area contributed by atoms with E-state index in [4.69, 9.17) is 0 Å². The quantitative estimate of drug-likeness (QED) is 0.887. The molecule has 3 rings (SSSR count). The summed E-state index contributed by atoms with van der Waals surface area (Å²) < 4.78 is 1.89. The smallest absolute Gasteiger partial charge is 0.291 e. The Bertz CT molecular complexity index is 737. The topological polar surface area (TPSA) is 76.0 Å². The maximum absolute atomic E-state index is 12.6. The van der Waals surface area contributed by atoms with Crippen molar-refractivity contribution in [1.82, 2.24) is 14.9 Å². The lowest BCUT2D eigenvalue weighted by molar-refractivity contribution is 0.0947. The first-order valence-electron chi connectivity index (χ1n) is 8.44. The molecule has 0 fully saturated rings. The number of carbonyl (C=O) groups is 2. The molecule has 6 heteroatoms. The average molecular weight is 326 g/mol. The number of rotatable bonds is 5. The van der Waals surface area contributed by atoms with E-state index >= 15 is 0 Å². The zero-order valence-electron chi connectivity index (χ0n) is 13.8. The van der Waals surface area contributed by atoms with E-state index in [0.29, 0.717) is 23.8 Å². The van der Waals surface area contributed by atoms with Gasteiger partial charge in [-0.05, 0) is 37.8 Å². The fraction of sp³-hybridized carbons (Fsp3) is 0.389. The van der Waals surface area contributed by atoms with Gasteiger partial charge in [-0.25, -0.2) is 4.98 Å². The Morgan fingerprint density at radius 1 is 1.17 bits per heavy atom. The lowest BCUT2D eigenvalue weighted by Gasteiger charge is -2.17. The number of carbonyl (C=O) groups excluding carboxylic acids is 2. The third kappa shape index (κ3) is 3.32. The molecule has 0 atom stereocenters. The second kappa shape index (κ2) is 7.29. The van der Waals surface area contributed by atoms with Crippen molar-refractivity contribution in [3.63, 3.8) is 0 Å². The molecule has 2 aromatic rings. The maximum Gasteiger partial charge on any atom is 0.291 e. The molecule has 126 valence electrons. The summed E-state index contributed by atoms with van der Waals surface area (Å²) in [5.74, 6) is -0.157. The first-order chi connectivity index (χ1) is 11.7. The Hall–Kier alpha value is -2.63. The van der Waals surface area contributed by atoms with Crippen LogP contribution in [0.4, 0.5) is 5.69 Å². The number of anilines is 1. The van der Waals surface area contributed by atoms with Crippen LogP contribution in [0.2, 0.25) is 0 Å². The van der Waals surface area contributed by atoms with Crippen LogP contribution in [0, 0.1) is 0 Å². The second-order valence-electron chi connectivity index (χ2n) is 5.92. The Morgan fingerprint density at radius 2 is 1.96 bits per heavy atom. The average Bonchev–Trinajstić information content (AvgIpc) is 3.00. The Kier molecular flexibility index (Phi) is 4.93. The van der Waals surface area contributed by atoms with Crippen LogP contribution in [0.3, 0.4) is 0 Å². The summed E-state index contributed by atoms with van der Waals surface area (Å²) in [5.41, 5.74) is 1.97. The number of nitrogens with zero attached hydrogens (tertiary/aromatic N) is 2. The molecular weight excluding hydrogens is 304 g/mol. The van der Waals surface area contributed by atoms with E-state index < -0.39 is 0 Å². The van der Waals surface area contributed by atoms with Gasteiger partial charge in [-0.15, -0.1) is 0 Å². The van der Waals surface area contributed by atoms with Crippen LogP contribution in [-0.4, -0.2) is 27.9 Å². The predicted octanol–water partition coefficient (Wildman–Crippen LogP) is 2.61. The van der Waals surface area contributed by atoms with Gasteiger partial charge in [-0.1, -0.05) is 25.1 Å². The number of aromatic nitrogens is 2. The van der Waals surface area contributed by atoms with Crippen LogP contribution in [0.25, 0.3) is 0 Å². The summed E-state index contributed by atoms with van der Waals surface area (Å²) in [5, 5.41) is 5.70. The van der Waals surface area contributed by atoms with Gasteiger partial charge in [0.05, 0.1) is 5.69 Å². The molecule has 2 heterocycles. The number of amides is 2. The minimum Gasteiger partial charge on any atom is -0.351 e. The van der Waals surface area contributed by atoms with Gasteiger partial charge in [-0.2, -0.15) is 0 Å². The van der Waals surface area contributed by atoms with Gasteiger partial charge in [0.1, 0.15) is 5.69 Å². The molecule has 0 saturated heterocycles. The predicted molar refractivity (Wildman–Crippen MR) is 92.2 cm³/mol. The Balaban J connectivity index is 1.88. The summed E-state index contributed by atoms with van der Waals surface area (Å²) in [6, 6.07) is 9.27. The molecule has 24 heavy (non-hydrogen) atoms. The van der Waals surface area contributed by atoms with Crippen LogP contribution in [0.1, 0.15) is 53.0 Å². The number of imidazole rings is 1. The lowest BCUT2D eigenvalue weighted by Crippen LogP contribution is -2.26. The van der Waals surface area contributed by atoms with E-state index in [1.807, 2.05) is 41.8 Å². The standard InChI is InChI=1S/C18H22N4O2/c1-2-11-19-17(23)15-14-10-6-7-12-22(14)16(21-15)18(24)20-13-8-4-3-5-9-13/h3-5,8-9H,2,6-7,10-12H2,1H3,(H,19,23)(H,20,24). The molecule has 1 aliphatic heterocycles. The first kappa shape index (κ1) is 16.2. The SMILES string of the molecule is CCCNC(=O)c1nc(C(=O)Nc2ccccc2)n2c1CCCC2. The van der Waals surface area contributed by atoms with Crippen molar-refractivity contribution >= 4 is 17.5 Å². The number of nitrogens with one attached hydrogen (secondary N) is 2. The highest BCUT2D eigenvalue weighted by atomic mass is 16.2. The van der Waals surface area contributed by atoms with Crippen molar-refractivity contribution in [1.29, 1.82) is 0 Å². The van der Waals surface area contributed by atoms with Crippen LogP contribution < -0.4 is 10.6 Å². The van der Waals surface area contributed by atoms with Crippen LogP contribution in [0.15, 0.2) is 30.3 Å². The first-order valence-corrected chi connectivity index (χ1v) is 8.44. The summed E-state index contributed by atoms with van der Waals surface area (Å²) in [6.45, 7) is 3.33. The molecule has 6 nitrogen and oxygen atoms in total. The van der Waals surface area contributed by atoms with Crippen LogP contribution in [-0.2, 0) is 13.0 Å². The van der Waals surface area contributed by atoms with Crippen molar-refractivity contribution in [3.8, 4) is 0 Å². The molecule has 0 aliphatic carbocycles. The second-order valence-corrected chi connectivity index (χ2v) is 5.92. The van der Waals surface area contributed by atoms with E-state index in [0.717, 1.165) is 37.9 Å². The number of fused-ring (bicyclic) bond motifs is 1. The third-order valence-corrected chi connectivity index (χ3v) is 4.10. The van der Waals surface area contributed by atoms with Crippen molar-refractivity contribution in [2.24, 2.45) is 0 Å². The fourth-order valence-corrected chi connectivity index (χ4v) is 2.93. The molecule has 0 bridgehead atoms. The van der Waals surface area contributed by atoms with E-state index in [9.17, 15) is 9.59 Å². The molecule has 0 saturated carbocycles. The molecule has 0 unspecified atom stereocenters. The molecule has 2 amide bonds. The van der Waals surface area contributed by atoms with Gasteiger partial charge in [0.2, 0.25) is 0 Å². The highest BCUT2D eigenvalue weighted by Crippen LogP contribution is 2.22. The number of para-hydroxylation sites is 1. The monoisotopic (exact) mass is 326 g/mol. The maximum atomic E-state index is 12.6. The largest absolute Gasteiger partial charge is 0.351 e. The number of benzene rings is 1. The van der Waals surface area contributed by atoms with Gasteiger partial charge in [-0.3, -0.25) is 9.59 Å². The third-order valence-electron chi connectivity index (χ3n) is 4.10. The Labute approximate surface area is 141 Å². The van der Waals surface area contributed by atoms with Crippen LogP contribution in [0.5, 0.6) is 0 Å². The molecule has 1 aliphatic rings. The van der Waals surface area contributed by atoms with E-state index in [1.54, 1.807) is 0 Å². The summed E-state index contributed by atoms with van der Waals surface area (Å²) in [7, 11) is 0. The molecule has 1 aromatic carbocycles. The Morgan fingerprint density at radius 3 is 2.71 bits per heavy atom. The molecule has 1 aromatic heterocycles. The fourth-order valence-electron chi connectivity index (χ4n) is 2.93. The lowest BCUT2D eigenvalue weighted by atomic mass is 10.1. The summed E-state index contributed by atoms with van der Waals surface area (Å²) in [6.07, 6.45) is 3.65. The molecule has 0 spiro atoms. The summed E-state index contributed by atoms with van der Waals surface area (Å²) in [4.78, 5) is 29.3. The number of hydrogen-bond acceptors (Lipinski definition) is 3. The minimum absolute atomic E-state index is 0.193. The van der Waals surface area contributed by atoms with Crippen molar-refractivity contribution in [3.05, 3.63) is 47.5 Å². The van der Waals surface area contributed by atoms with E-state index in [2.05, 4.69) is 15.6 Å². The van der Waals surface area contributed by atoms with Gasteiger partial charge >= 0.3 is 0 Å². The normalized spacial score (nSPS) is 13.2. The molecule has 0 radical (unpaired) electrons. The van der Waals surface area contributed by atoms with Gasteiger partial charge < -0.3 is 15.2 Å². The van der Waals surface area contributed by atoms with Crippen molar-refractivity contribution in [2.75, 3.05) is 11.9 Å². The van der Waals surface area contributed by atoms with Crippen molar-refractivity contribution < 1.29 is 9.59 Å². The zero-order chi connectivity index (χ0) is 16.9. The zero-order valence-corrected chi connectivity index (χ0v) is 13.8. The molecular formula is C18H22N4O2. The van der Waals surface area contributed by atoms with Gasteiger partial charge in [0, 0.05) is 18.8 Å². The van der Waals surface area contributed by atoms with E-state index in [1.165, 1.54) is 0 Å². The van der Waals surface area contributed by atoms with Gasteiger partial charge in [0.15, 0.2) is 5.82 Å².